The minimum atomic E-state index is -0.304. The van der Waals surface area contributed by atoms with E-state index in [1.165, 1.54) is 17.4 Å². The molecule has 3 aliphatic rings. The zero-order valence-electron chi connectivity index (χ0n) is 20.0. The lowest BCUT2D eigenvalue weighted by molar-refractivity contribution is 0.0988. The van der Waals surface area contributed by atoms with Gasteiger partial charge in [0.15, 0.2) is 0 Å². The van der Waals surface area contributed by atoms with Gasteiger partial charge in [-0.1, -0.05) is 6.07 Å². The van der Waals surface area contributed by atoms with Gasteiger partial charge in [0.05, 0.1) is 30.3 Å². The third-order valence-corrected chi connectivity index (χ3v) is 8.52. The number of rotatable bonds is 8. The molecule has 190 valence electrons. The first-order chi connectivity index (χ1) is 17.6. The Labute approximate surface area is 213 Å². The molecule has 0 bridgehead atoms. The van der Waals surface area contributed by atoms with Crippen molar-refractivity contribution >= 4 is 28.6 Å². The van der Waals surface area contributed by atoms with Gasteiger partial charge in [0.1, 0.15) is 23.9 Å². The average molecular weight is 512 g/mol. The molecule has 9 heteroatoms. The molecule has 2 aliphatic heterocycles. The monoisotopic (exact) mass is 511 g/mol. The quantitative estimate of drug-likeness (QED) is 0.496. The second-order valence-corrected chi connectivity index (χ2v) is 10.8. The lowest BCUT2D eigenvalue weighted by atomic mass is 10.1. The van der Waals surface area contributed by atoms with Crippen LogP contribution in [-0.2, 0) is 17.9 Å². The van der Waals surface area contributed by atoms with E-state index in [0.717, 1.165) is 25.4 Å². The molecule has 2 saturated heterocycles. The van der Waals surface area contributed by atoms with Crippen molar-refractivity contribution in [2.24, 2.45) is 17.8 Å². The Morgan fingerprint density at radius 3 is 2.56 bits per heavy atom. The minimum Gasteiger partial charge on any atom is -0.462 e. The van der Waals surface area contributed by atoms with Crippen molar-refractivity contribution in [2.45, 2.75) is 13.2 Å². The van der Waals surface area contributed by atoms with Crippen LogP contribution in [0.3, 0.4) is 0 Å². The summed E-state index contributed by atoms with van der Waals surface area (Å²) in [6.07, 6.45) is 0. The van der Waals surface area contributed by atoms with Gasteiger partial charge in [-0.25, -0.2) is 4.39 Å². The first-order valence-corrected chi connectivity index (χ1v) is 13.4. The molecule has 2 aromatic heterocycles. The minimum absolute atomic E-state index is 0.0718. The van der Waals surface area contributed by atoms with E-state index >= 15 is 4.39 Å². The molecule has 3 fully saturated rings. The van der Waals surface area contributed by atoms with Crippen LogP contribution in [0.1, 0.15) is 21.2 Å². The summed E-state index contributed by atoms with van der Waals surface area (Å²) in [5.74, 6) is 2.52. The molecule has 3 aromatic rings. The fourth-order valence-corrected chi connectivity index (χ4v) is 6.40. The van der Waals surface area contributed by atoms with Crippen LogP contribution in [0, 0.1) is 23.6 Å². The molecule has 2 unspecified atom stereocenters. The molecule has 1 aliphatic carbocycles. The molecule has 4 heterocycles. The molecule has 36 heavy (non-hydrogen) atoms. The van der Waals surface area contributed by atoms with Gasteiger partial charge in [0, 0.05) is 38.4 Å². The van der Waals surface area contributed by atoms with Crippen molar-refractivity contribution in [3.05, 3.63) is 70.1 Å². The number of aliphatic hydroxyl groups excluding tert-OH is 1. The van der Waals surface area contributed by atoms with Gasteiger partial charge in [-0.05, 0) is 59.5 Å². The van der Waals surface area contributed by atoms with E-state index in [-0.39, 0.29) is 18.3 Å². The highest BCUT2D eigenvalue weighted by molar-refractivity contribution is 7.12. The molecule has 2 atom stereocenters. The molecule has 6 rings (SSSR count). The third kappa shape index (κ3) is 4.68. The van der Waals surface area contributed by atoms with Crippen LogP contribution in [0.15, 0.2) is 52.3 Å². The van der Waals surface area contributed by atoms with Gasteiger partial charge in [0.2, 0.25) is 0 Å². The summed E-state index contributed by atoms with van der Waals surface area (Å²) < 4.78 is 26.3. The highest BCUT2D eigenvalue weighted by Gasteiger charge is 2.56. The van der Waals surface area contributed by atoms with Crippen molar-refractivity contribution in [2.75, 3.05) is 55.7 Å². The molecule has 1 aromatic carbocycles. The number of aliphatic hydroxyl groups is 1. The van der Waals surface area contributed by atoms with Crippen molar-refractivity contribution in [3.8, 4) is 0 Å². The first-order valence-electron chi connectivity index (χ1n) is 12.5. The number of piperidine rings is 1. The molecule has 1 N–H and O–H groups in total. The van der Waals surface area contributed by atoms with Crippen LogP contribution in [0.2, 0.25) is 0 Å². The summed E-state index contributed by atoms with van der Waals surface area (Å²) in [6, 6.07) is 12.6. The number of nitrogens with zero attached hydrogens (tertiary/aromatic N) is 3. The van der Waals surface area contributed by atoms with Crippen molar-refractivity contribution in [3.63, 3.8) is 0 Å². The fraction of sp³-hybridized carbons (Fsp3) is 0.444. The summed E-state index contributed by atoms with van der Waals surface area (Å²) in [5, 5.41) is 11.1. The Morgan fingerprint density at radius 2 is 1.89 bits per heavy atom. The lowest BCUT2D eigenvalue weighted by Gasteiger charge is -2.30. The van der Waals surface area contributed by atoms with Crippen LogP contribution in [0.4, 0.5) is 15.8 Å². The number of carbonyl (C=O) groups is 1. The Bertz CT molecular complexity index is 1200. The number of furan rings is 1. The maximum absolute atomic E-state index is 15.2. The van der Waals surface area contributed by atoms with Crippen LogP contribution in [0.25, 0.3) is 0 Å². The normalized spacial score (nSPS) is 23.6. The molecular formula is C27H30FN3O4S. The number of likely N-dealkylation sites (tertiary alicyclic amines) is 1. The van der Waals surface area contributed by atoms with E-state index < -0.39 is 0 Å². The highest BCUT2D eigenvalue weighted by atomic mass is 32.1. The van der Waals surface area contributed by atoms with E-state index in [1.807, 2.05) is 40.6 Å². The van der Waals surface area contributed by atoms with Crippen LogP contribution < -0.4 is 9.80 Å². The summed E-state index contributed by atoms with van der Waals surface area (Å²) in [4.78, 5) is 20.3. The number of hydrogen-bond donors (Lipinski definition) is 1. The summed E-state index contributed by atoms with van der Waals surface area (Å²) >= 11 is 1.41. The van der Waals surface area contributed by atoms with Crippen LogP contribution >= 0.6 is 11.3 Å². The van der Waals surface area contributed by atoms with Crippen molar-refractivity contribution in [1.29, 1.82) is 0 Å². The van der Waals surface area contributed by atoms with Gasteiger partial charge in [-0.15, -0.1) is 11.3 Å². The number of ether oxygens (including phenoxy) is 1. The predicted molar refractivity (Wildman–Crippen MR) is 136 cm³/mol. The second kappa shape index (κ2) is 9.97. The maximum Gasteiger partial charge on any atom is 0.268 e. The first kappa shape index (κ1) is 23.7. The van der Waals surface area contributed by atoms with Gasteiger partial charge in [0.25, 0.3) is 5.91 Å². The van der Waals surface area contributed by atoms with E-state index in [2.05, 4.69) is 4.90 Å². The standard InChI is InChI=1S/C27H30FN3O4S/c28-24-12-18(3-6-25(24)30-7-9-34-10-8-30)31(27(33)26-2-1-11-36-26)16-23-21-14-29(15-22(21)23)13-19-4-5-20(17-32)35-19/h1-6,11-12,21-23,32H,7-10,13-17H2. The molecule has 7 nitrogen and oxygen atoms in total. The predicted octanol–water partition coefficient (Wildman–Crippen LogP) is 3.83. The van der Waals surface area contributed by atoms with E-state index in [1.54, 1.807) is 11.0 Å². The Morgan fingerprint density at radius 1 is 1.11 bits per heavy atom. The molecule has 1 amide bonds. The highest BCUT2D eigenvalue weighted by Crippen LogP contribution is 2.52. The zero-order valence-corrected chi connectivity index (χ0v) is 20.8. The summed E-state index contributed by atoms with van der Waals surface area (Å²) in [7, 11) is 0. The number of amides is 1. The van der Waals surface area contributed by atoms with Crippen LogP contribution in [-0.4, -0.2) is 61.9 Å². The van der Waals surface area contributed by atoms with Gasteiger partial charge in [-0.3, -0.25) is 9.69 Å². The lowest BCUT2D eigenvalue weighted by Crippen LogP contribution is -2.37. The van der Waals surface area contributed by atoms with Gasteiger partial charge >= 0.3 is 0 Å². The average Bonchev–Trinajstić information content (AvgIpc) is 3.43. The van der Waals surface area contributed by atoms with E-state index in [9.17, 15) is 9.90 Å². The topological polar surface area (TPSA) is 69.4 Å². The largest absolute Gasteiger partial charge is 0.462 e. The van der Waals surface area contributed by atoms with Gasteiger partial charge < -0.3 is 24.1 Å². The summed E-state index contributed by atoms with van der Waals surface area (Å²) in [5.41, 5.74) is 1.17. The van der Waals surface area contributed by atoms with Crippen LogP contribution in [0.5, 0.6) is 0 Å². The van der Waals surface area contributed by atoms with Crippen molar-refractivity contribution < 1.29 is 23.4 Å². The number of morpholine rings is 1. The number of thiophene rings is 1. The van der Waals surface area contributed by atoms with E-state index in [0.29, 0.717) is 72.6 Å². The zero-order chi connectivity index (χ0) is 24.6. The smallest absolute Gasteiger partial charge is 0.268 e. The Kier molecular flexibility index (Phi) is 6.55. The SMILES string of the molecule is O=C(c1cccs1)N(CC1C2CN(Cc3ccc(CO)o3)CC21)c1ccc(N2CCOCC2)c(F)c1. The Balaban J connectivity index is 1.15. The molecular weight excluding hydrogens is 481 g/mol. The van der Waals surface area contributed by atoms with Crippen molar-refractivity contribution in [1.82, 2.24) is 4.90 Å². The second-order valence-electron chi connectivity index (χ2n) is 9.84. The fourth-order valence-electron chi connectivity index (χ4n) is 5.72. The number of benzene rings is 1. The number of halogens is 1. The number of carbonyl (C=O) groups excluding carboxylic acids is 1. The van der Waals surface area contributed by atoms with E-state index in [4.69, 9.17) is 9.15 Å². The maximum atomic E-state index is 15.2. The molecule has 1 saturated carbocycles. The molecule has 0 radical (unpaired) electrons. The number of hydrogen-bond acceptors (Lipinski definition) is 7. The number of fused-ring (bicyclic) bond motifs is 1. The third-order valence-electron chi connectivity index (χ3n) is 7.66. The Hall–Kier alpha value is -2.72. The summed E-state index contributed by atoms with van der Waals surface area (Å²) in [6.45, 7) is 5.64. The molecule has 0 spiro atoms. The number of anilines is 2. The van der Waals surface area contributed by atoms with Gasteiger partial charge in [-0.2, -0.15) is 0 Å².